The summed E-state index contributed by atoms with van der Waals surface area (Å²) >= 11 is 0. The first-order chi connectivity index (χ1) is 12.0. The van der Waals surface area contributed by atoms with Crippen molar-refractivity contribution in [2.75, 3.05) is 7.05 Å². The van der Waals surface area contributed by atoms with Crippen molar-refractivity contribution >= 4 is 11.9 Å². The lowest BCUT2D eigenvalue weighted by atomic mass is 9.80. The van der Waals surface area contributed by atoms with Gasteiger partial charge in [0.05, 0.1) is 0 Å². The Hall–Kier alpha value is -2.11. The van der Waals surface area contributed by atoms with Crippen LogP contribution in [0, 0.1) is 0 Å². The molecule has 25 heavy (non-hydrogen) atoms. The Bertz CT molecular complexity index is 731. The third-order valence-electron chi connectivity index (χ3n) is 5.84. The predicted molar refractivity (Wildman–Crippen MR) is 93.9 cm³/mol. The number of aromatic amines is 1. The summed E-state index contributed by atoms with van der Waals surface area (Å²) in [5, 5.41) is 9.77. The van der Waals surface area contributed by atoms with E-state index in [4.69, 9.17) is 0 Å². The maximum Gasteiger partial charge on any atom is 0.329 e. The minimum atomic E-state index is -1.20. The number of likely N-dealkylation sites (N-methyl/N-ethyl adjacent to an activating group) is 1. The molecule has 0 radical (unpaired) electrons. The van der Waals surface area contributed by atoms with Gasteiger partial charge in [-0.15, -0.1) is 0 Å². The normalized spacial score (nSPS) is 19.6. The molecule has 3 rings (SSSR count). The molecule has 0 saturated heterocycles. The van der Waals surface area contributed by atoms with Gasteiger partial charge in [0.1, 0.15) is 11.1 Å². The van der Waals surface area contributed by atoms with Crippen LogP contribution in [0.3, 0.4) is 0 Å². The maximum absolute atomic E-state index is 13.0. The smallest absolute Gasteiger partial charge is 0.329 e. The van der Waals surface area contributed by atoms with E-state index in [-0.39, 0.29) is 5.56 Å². The van der Waals surface area contributed by atoms with Gasteiger partial charge in [-0.05, 0) is 50.2 Å². The highest BCUT2D eigenvalue weighted by molar-refractivity contribution is 5.97. The van der Waals surface area contributed by atoms with Gasteiger partial charge in [-0.25, -0.2) is 4.79 Å². The van der Waals surface area contributed by atoms with Gasteiger partial charge in [-0.3, -0.25) is 9.59 Å². The number of carbonyl (C=O) groups excluding carboxylic acids is 1. The summed E-state index contributed by atoms with van der Waals surface area (Å²) in [5.41, 5.74) is 0.395. The summed E-state index contributed by atoms with van der Waals surface area (Å²) in [7, 11) is 1.52. The second-order valence-electron chi connectivity index (χ2n) is 7.34. The SMILES string of the molecule is CN(C(=O)c1cc2c([nH]c1=O)CCCCC2)C1(C(=O)O)CCCCC1. The van der Waals surface area contributed by atoms with E-state index in [0.717, 1.165) is 62.6 Å². The van der Waals surface area contributed by atoms with Crippen LogP contribution in [0.25, 0.3) is 0 Å². The molecule has 2 aliphatic rings. The van der Waals surface area contributed by atoms with E-state index < -0.39 is 23.0 Å². The largest absolute Gasteiger partial charge is 0.479 e. The molecular weight excluding hydrogens is 320 g/mol. The molecule has 1 fully saturated rings. The van der Waals surface area contributed by atoms with Crippen LogP contribution in [0.1, 0.15) is 73.0 Å². The lowest BCUT2D eigenvalue weighted by Gasteiger charge is -2.40. The number of hydrogen-bond donors (Lipinski definition) is 2. The number of H-pyrrole nitrogens is 1. The lowest BCUT2D eigenvalue weighted by Crippen LogP contribution is -2.57. The molecule has 0 bridgehead atoms. The van der Waals surface area contributed by atoms with Crippen LogP contribution in [0.15, 0.2) is 10.9 Å². The zero-order valence-electron chi connectivity index (χ0n) is 14.8. The van der Waals surface area contributed by atoms with E-state index in [2.05, 4.69) is 4.98 Å². The molecule has 6 nitrogen and oxygen atoms in total. The molecule has 1 amide bonds. The van der Waals surface area contributed by atoms with Gasteiger partial charge in [0.2, 0.25) is 0 Å². The molecule has 1 aromatic heterocycles. The quantitative estimate of drug-likeness (QED) is 0.823. The highest BCUT2D eigenvalue weighted by Gasteiger charge is 2.46. The van der Waals surface area contributed by atoms with E-state index in [9.17, 15) is 19.5 Å². The first-order valence-electron chi connectivity index (χ1n) is 9.22. The molecule has 0 unspecified atom stereocenters. The third-order valence-corrected chi connectivity index (χ3v) is 5.84. The number of carboxylic acid groups (broad SMARTS) is 1. The minimum Gasteiger partial charge on any atom is -0.479 e. The van der Waals surface area contributed by atoms with Gasteiger partial charge >= 0.3 is 5.97 Å². The molecule has 2 N–H and O–H groups in total. The fourth-order valence-corrected chi connectivity index (χ4v) is 4.21. The summed E-state index contributed by atoms with van der Waals surface area (Å²) in [4.78, 5) is 41.5. The summed E-state index contributed by atoms with van der Waals surface area (Å²) in [6.45, 7) is 0. The van der Waals surface area contributed by atoms with E-state index in [1.807, 2.05) is 0 Å². The van der Waals surface area contributed by atoms with Crippen LogP contribution in [-0.4, -0.2) is 39.5 Å². The van der Waals surface area contributed by atoms with Crippen molar-refractivity contribution in [3.63, 3.8) is 0 Å². The number of amides is 1. The molecule has 0 aliphatic heterocycles. The van der Waals surface area contributed by atoms with Crippen molar-refractivity contribution in [2.24, 2.45) is 0 Å². The van der Waals surface area contributed by atoms with Gasteiger partial charge in [0.15, 0.2) is 0 Å². The Labute approximate surface area is 147 Å². The number of carbonyl (C=O) groups is 2. The van der Waals surface area contributed by atoms with Crippen LogP contribution in [0.5, 0.6) is 0 Å². The van der Waals surface area contributed by atoms with Crippen molar-refractivity contribution in [3.8, 4) is 0 Å². The standard InChI is InChI=1S/C19H26N2O4/c1-21(19(18(24)25)10-6-3-7-11-19)17(23)14-12-13-8-4-2-5-9-15(13)20-16(14)22/h12H,2-11H2,1H3,(H,20,22)(H,24,25). The number of carboxylic acids is 1. The molecule has 0 aromatic carbocycles. The Balaban J connectivity index is 1.95. The van der Waals surface area contributed by atoms with E-state index in [1.165, 1.54) is 11.9 Å². The number of nitrogens with one attached hydrogen (secondary N) is 1. The zero-order chi connectivity index (χ0) is 18.0. The van der Waals surface area contributed by atoms with E-state index in [0.29, 0.717) is 12.8 Å². The van der Waals surface area contributed by atoms with Crippen LogP contribution < -0.4 is 5.56 Å². The van der Waals surface area contributed by atoms with E-state index in [1.54, 1.807) is 6.07 Å². The van der Waals surface area contributed by atoms with Crippen LogP contribution in [-0.2, 0) is 17.6 Å². The summed E-state index contributed by atoms with van der Waals surface area (Å²) in [5.74, 6) is -1.47. The van der Waals surface area contributed by atoms with Crippen molar-refractivity contribution in [1.29, 1.82) is 0 Å². The van der Waals surface area contributed by atoms with Crippen molar-refractivity contribution in [2.45, 2.75) is 69.7 Å². The molecule has 6 heteroatoms. The van der Waals surface area contributed by atoms with Gasteiger partial charge in [0.25, 0.3) is 11.5 Å². The second-order valence-corrected chi connectivity index (χ2v) is 7.34. The predicted octanol–water partition coefficient (Wildman–Crippen LogP) is 2.50. The molecule has 0 atom stereocenters. The second kappa shape index (κ2) is 7.02. The van der Waals surface area contributed by atoms with Crippen LogP contribution in [0.4, 0.5) is 0 Å². The Morgan fingerprint density at radius 2 is 1.72 bits per heavy atom. The average molecular weight is 346 g/mol. The number of aryl methyl sites for hydroxylation is 2. The fraction of sp³-hybridized carbons (Fsp3) is 0.632. The topological polar surface area (TPSA) is 90.5 Å². The number of aromatic nitrogens is 1. The molecule has 1 saturated carbocycles. The number of fused-ring (bicyclic) bond motifs is 1. The molecule has 1 aromatic rings. The van der Waals surface area contributed by atoms with Gasteiger partial charge in [-0.2, -0.15) is 0 Å². The van der Waals surface area contributed by atoms with Gasteiger partial charge < -0.3 is 15.0 Å². The molecule has 136 valence electrons. The van der Waals surface area contributed by atoms with E-state index >= 15 is 0 Å². The van der Waals surface area contributed by atoms with Gasteiger partial charge in [-0.1, -0.05) is 25.7 Å². The number of pyridine rings is 1. The van der Waals surface area contributed by atoms with Crippen LogP contribution in [0.2, 0.25) is 0 Å². The monoisotopic (exact) mass is 346 g/mol. The van der Waals surface area contributed by atoms with Crippen molar-refractivity contribution in [1.82, 2.24) is 9.88 Å². The Morgan fingerprint density at radius 1 is 1.08 bits per heavy atom. The number of nitrogens with zero attached hydrogens (tertiary/aromatic N) is 1. The highest BCUT2D eigenvalue weighted by Crippen LogP contribution is 2.34. The average Bonchev–Trinajstić information content (AvgIpc) is 2.85. The summed E-state index contributed by atoms with van der Waals surface area (Å²) in [6, 6.07) is 1.69. The Kier molecular flexibility index (Phi) is 4.97. The molecule has 2 aliphatic carbocycles. The Morgan fingerprint density at radius 3 is 2.40 bits per heavy atom. The minimum absolute atomic E-state index is 0.0642. The van der Waals surface area contributed by atoms with Crippen molar-refractivity contribution < 1.29 is 14.7 Å². The zero-order valence-corrected chi connectivity index (χ0v) is 14.8. The molecule has 1 heterocycles. The summed E-state index contributed by atoms with van der Waals surface area (Å²) < 4.78 is 0. The number of hydrogen-bond acceptors (Lipinski definition) is 3. The highest BCUT2D eigenvalue weighted by atomic mass is 16.4. The fourth-order valence-electron chi connectivity index (χ4n) is 4.21. The molecule has 0 spiro atoms. The van der Waals surface area contributed by atoms with Crippen LogP contribution >= 0.6 is 0 Å². The number of rotatable bonds is 3. The first kappa shape index (κ1) is 17.7. The maximum atomic E-state index is 13.0. The first-order valence-corrected chi connectivity index (χ1v) is 9.22. The van der Waals surface area contributed by atoms with Gasteiger partial charge in [0, 0.05) is 12.7 Å². The number of aliphatic carboxylic acids is 1. The third kappa shape index (κ3) is 3.22. The lowest BCUT2D eigenvalue weighted by molar-refractivity contribution is -0.151. The van der Waals surface area contributed by atoms with Crippen molar-refractivity contribution in [3.05, 3.63) is 33.2 Å². The molecular formula is C19H26N2O4. The summed E-state index contributed by atoms with van der Waals surface area (Å²) in [6.07, 6.45) is 8.29.